The second-order valence-electron chi connectivity index (χ2n) is 10.3. The Morgan fingerprint density at radius 3 is 2.77 bits per heavy atom. The van der Waals surface area contributed by atoms with Crippen LogP contribution in [0, 0.1) is 6.92 Å². The van der Waals surface area contributed by atoms with Crippen molar-refractivity contribution >= 4 is 23.2 Å². The quantitative estimate of drug-likeness (QED) is 0.332. The minimum atomic E-state index is -0.445. The molecule has 40 heavy (non-hydrogen) atoms. The van der Waals surface area contributed by atoms with Crippen molar-refractivity contribution < 1.29 is 9.21 Å². The Balaban J connectivity index is 1.17. The van der Waals surface area contributed by atoms with Crippen LogP contribution in [0.3, 0.4) is 0 Å². The van der Waals surface area contributed by atoms with Crippen molar-refractivity contribution in [1.29, 1.82) is 0 Å². The zero-order chi connectivity index (χ0) is 27.4. The van der Waals surface area contributed by atoms with Crippen LogP contribution >= 0.6 is 0 Å². The number of hydrogen-bond acceptors (Lipinski definition) is 10. The van der Waals surface area contributed by atoms with Gasteiger partial charge in [-0.15, -0.1) is 0 Å². The average molecular weight is 537 g/mol. The van der Waals surface area contributed by atoms with Crippen LogP contribution in [0.25, 0.3) is 28.5 Å². The molecule has 202 valence electrons. The van der Waals surface area contributed by atoms with Gasteiger partial charge < -0.3 is 24.8 Å². The molecule has 2 atom stereocenters. The van der Waals surface area contributed by atoms with Gasteiger partial charge in [-0.1, -0.05) is 6.07 Å². The fourth-order valence-electron chi connectivity index (χ4n) is 5.68. The topological polar surface area (TPSA) is 144 Å². The van der Waals surface area contributed by atoms with Gasteiger partial charge in [0, 0.05) is 48.8 Å². The number of piperazine rings is 1. The van der Waals surface area contributed by atoms with E-state index in [2.05, 4.69) is 42.1 Å². The lowest BCUT2D eigenvalue weighted by molar-refractivity contribution is 0.0946. The highest BCUT2D eigenvalue weighted by atomic mass is 16.3. The molecule has 2 aliphatic rings. The van der Waals surface area contributed by atoms with Gasteiger partial charge in [0.05, 0.1) is 18.4 Å². The monoisotopic (exact) mass is 536 g/mol. The molecule has 0 aromatic carbocycles. The van der Waals surface area contributed by atoms with E-state index in [1.807, 2.05) is 47.9 Å². The van der Waals surface area contributed by atoms with Crippen LogP contribution in [0.2, 0.25) is 0 Å². The summed E-state index contributed by atoms with van der Waals surface area (Å²) in [6.45, 7) is 4.21. The fraction of sp³-hybridized carbons (Fsp3) is 0.286. The van der Waals surface area contributed by atoms with Crippen molar-refractivity contribution in [3.8, 4) is 22.8 Å². The molecular formula is C28H28N10O2. The van der Waals surface area contributed by atoms with Gasteiger partial charge in [-0.3, -0.25) is 9.69 Å². The summed E-state index contributed by atoms with van der Waals surface area (Å²) in [4.78, 5) is 40.7. The smallest absolute Gasteiger partial charge is 0.274 e. The average Bonchev–Trinajstić information content (AvgIpc) is 3.77. The van der Waals surface area contributed by atoms with Gasteiger partial charge in [0.1, 0.15) is 23.4 Å². The summed E-state index contributed by atoms with van der Waals surface area (Å²) >= 11 is 0. The molecule has 2 bridgehead atoms. The molecule has 0 saturated carbocycles. The molecule has 2 fully saturated rings. The molecule has 12 nitrogen and oxygen atoms in total. The van der Waals surface area contributed by atoms with E-state index in [4.69, 9.17) is 15.1 Å². The lowest BCUT2D eigenvalue weighted by atomic mass is 10.1. The molecule has 1 amide bonds. The number of likely N-dealkylation sites (tertiary alicyclic amines) is 1. The number of imidazole rings is 1. The van der Waals surface area contributed by atoms with Crippen molar-refractivity contribution in [1.82, 2.24) is 39.5 Å². The molecule has 0 spiro atoms. The van der Waals surface area contributed by atoms with Crippen molar-refractivity contribution in [2.24, 2.45) is 0 Å². The number of nitrogens with two attached hydrogens (primary N) is 1. The number of amides is 1. The number of oxazole rings is 1. The number of anilines is 2. The second-order valence-corrected chi connectivity index (χ2v) is 10.3. The normalized spacial score (nSPS) is 18.6. The molecule has 5 aromatic rings. The minimum absolute atomic E-state index is 0.0174. The maximum atomic E-state index is 13.3. The Hall–Kier alpha value is -4.84. The first-order chi connectivity index (χ1) is 19.4. The zero-order valence-corrected chi connectivity index (χ0v) is 22.2. The Labute approximate surface area is 229 Å². The van der Waals surface area contributed by atoms with Crippen molar-refractivity contribution in [3.63, 3.8) is 0 Å². The predicted octanol–water partition coefficient (Wildman–Crippen LogP) is 2.55. The van der Waals surface area contributed by atoms with Gasteiger partial charge >= 0.3 is 0 Å². The summed E-state index contributed by atoms with van der Waals surface area (Å²) in [7, 11) is 2.18. The molecule has 12 heteroatoms. The molecule has 0 radical (unpaired) electrons. The number of likely N-dealkylation sites (N-methyl/N-ethyl adjacent to an activating group) is 1. The number of aryl methyl sites for hydroxylation is 1. The fourth-order valence-corrected chi connectivity index (χ4v) is 5.68. The third-order valence-electron chi connectivity index (χ3n) is 7.77. The van der Waals surface area contributed by atoms with Crippen LogP contribution in [0.4, 0.5) is 11.6 Å². The molecular weight excluding hydrogens is 508 g/mol. The first-order valence-electron chi connectivity index (χ1n) is 13.2. The van der Waals surface area contributed by atoms with Gasteiger partial charge in [-0.25, -0.2) is 24.9 Å². The van der Waals surface area contributed by atoms with Gasteiger partial charge in [-0.2, -0.15) is 0 Å². The number of nitrogens with one attached hydrogen (secondary N) is 1. The third kappa shape index (κ3) is 4.13. The highest BCUT2D eigenvalue weighted by Crippen LogP contribution is 2.33. The molecule has 0 unspecified atom stereocenters. The van der Waals surface area contributed by atoms with E-state index >= 15 is 0 Å². The first kappa shape index (κ1) is 24.2. The number of hydrogen-bond donors (Lipinski definition) is 2. The van der Waals surface area contributed by atoms with Crippen LogP contribution in [-0.4, -0.2) is 72.3 Å². The molecule has 2 aliphatic heterocycles. The summed E-state index contributed by atoms with van der Waals surface area (Å²) in [6.07, 6.45) is 7.82. The number of pyridine rings is 2. The summed E-state index contributed by atoms with van der Waals surface area (Å²) in [5, 5.41) is 2.92. The van der Waals surface area contributed by atoms with Gasteiger partial charge in [-0.05, 0) is 44.7 Å². The summed E-state index contributed by atoms with van der Waals surface area (Å²) < 4.78 is 7.45. The van der Waals surface area contributed by atoms with E-state index in [9.17, 15) is 4.79 Å². The number of carbonyl (C=O) groups excluding carboxylic acids is 1. The SMILES string of the molecule is Cc1cnc2ccc(-c3nc(C(=O)NCc4cccc(N5C[C@H]6C[C@@H]5CN6C)n4)c(N)nc3-c3ncco3)cn12. The second kappa shape index (κ2) is 9.42. The number of nitrogens with zero attached hydrogens (tertiary/aromatic N) is 8. The van der Waals surface area contributed by atoms with E-state index in [1.165, 1.54) is 12.5 Å². The van der Waals surface area contributed by atoms with Crippen molar-refractivity contribution in [2.45, 2.75) is 32.0 Å². The van der Waals surface area contributed by atoms with Crippen LogP contribution in [0.15, 0.2) is 59.6 Å². The van der Waals surface area contributed by atoms with E-state index in [0.717, 1.165) is 42.4 Å². The summed E-state index contributed by atoms with van der Waals surface area (Å²) in [6, 6.07) is 10.7. The molecule has 2 saturated heterocycles. The van der Waals surface area contributed by atoms with Crippen LogP contribution in [0.1, 0.15) is 28.3 Å². The lowest BCUT2D eigenvalue weighted by Gasteiger charge is -2.32. The van der Waals surface area contributed by atoms with Gasteiger partial charge in [0.25, 0.3) is 5.91 Å². The molecule has 7 heterocycles. The highest BCUT2D eigenvalue weighted by Gasteiger charge is 2.41. The number of fused-ring (bicyclic) bond motifs is 3. The number of rotatable bonds is 6. The zero-order valence-electron chi connectivity index (χ0n) is 22.2. The van der Waals surface area contributed by atoms with E-state index in [0.29, 0.717) is 29.0 Å². The van der Waals surface area contributed by atoms with E-state index in [-0.39, 0.29) is 23.9 Å². The third-order valence-corrected chi connectivity index (χ3v) is 7.77. The van der Waals surface area contributed by atoms with Crippen LogP contribution in [-0.2, 0) is 6.54 Å². The largest absolute Gasteiger partial charge is 0.443 e. The van der Waals surface area contributed by atoms with Gasteiger partial charge in [0.15, 0.2) is 17.2 Å². The predicted molar refractivity (Wildman–Crippen MR) is 148 cm³/mol. The Kier molecular flexibility index (Phi) is 5.70. The maximum absolute atomic E-state index is 13.3. The number of nitrogen functional groups attached to an aromatic ring is 1. The molecule has 7 rings (SSSR count). The maximum Gasteiger partial charge on any atom is 0.274 e. The van der Waals surface area contributed by atoms with Crippen LogP contribution in [0.5, 0.6) is 0 Å². The Morgan fingerprint density at radius 2 is 2.00 bits per heavy atom. The van der Waals surface area contributed by atoms with Crippen molar-refractivity contribution in [2.75, 3.05) is 30.8 Å². The summed E-state index contributed by atoms with van der Waals surface area (Å²) in [5.41, 5.74) is 10.3. The number of aromatic nitrogens is 6. The van der Waals surface area contributed by atoms with E-state index < -0.39 is 5.91 Å². The van der Waals surface area contributed by atoms with Crippen molar-refractivity contribution in [3.05, 3.63) is 72.3 Å². The standard InChI is InChI=1S/C28H28N10O2/c1-16-11-31-21-7-6-17(13-37(16)21)23-24(28-30-8-9-40-28)35-26(29)25(34-23)27(39)32-12-18-4-3-5-22(33-18)38-15-19-10-20(38)14-36(19)2/h3-9,11,13,19-20H,10,12,14-15H2,1-2H3,(H2,29,35)(H,32,39)/t19-,20-/m1/s1. The Bertz CT molecular complexity index is 1730. The van der Waals surface area contributed by atoms with Crippen LogP contribution < -0.4 is 16.0 Å². The minimum Gasteiger partial charge on any atom is -0.443 e. The molecule has 0 aliphatic carbocycles. The van der Waals surface area contributed by atoms with E-state index in [1.54, 1.807) is 6.20 Å². The lowest BCUT2D eigenvalue weighted by Crippen LogP contribution is -2.45. The molecule has 3 N–H and O–H groups in total. The van der Waals surface area contributed by atoms with Gasteiger partial charge in [0.2, 0.25) is 5.89 Å². The number of carbonyl (C=O) groups is 1. The molecule has 5 aromatic heterocycles. The first-order valence-corrected chi connectivity index (χ1v) is 13.2. The highest BCUT2D eigenvalue weighted by molar-refractivity contribution is 5.97. The summed E-state index contributed by atoms with van der Waals surface area (Å²) in [5.74, 6) is 0.730. The Morgan fingerprint density at radius 1 is 1.10 bits per heavy atom.